The number of halogens is 1. The van der Waals surface area contributed by atoms with Gasteiger partial charge in [-0.05, 0) is 36.2 Å². The number of carbonyl (C=O) groups excluding carboxylic acids is 1. The highest BCUT2D eigenvalue weighted by molar-refractivity contribution is 7.87. The summed E-state index contributed by atoms with van der Waals surface area (Å²) in [5, 5.41) is 8.81. The predicted octanol–water partition coefficient (Wildman–Crippen LogP) is 2.61. The number of nitrogens with one attached hydrogen (secondary N) is 1. The number of fused-ring (bicyclic) bond motifs is 1. The van der Waals surface area contributed by atoms with Gasteiger partial charge in [0.15, 0.2) is 11.0 Å². The van der Waals surface area contributed by atoms with Gasteiger partial charge in [-0.25, -0.2) is 14.1 Å². The van der Waals surface area contributed by atoms with Gasteiger partial charge in [0.05, 0.1) is 18.2 Å². The highest BCUT2D eigenvalue weighted by atomic mass is 32.2. The molecule has 1 aliphatic heterocycles. The number of benzene rings is 2. The maximum absolute atomic E-state index is 14.3. The maximum Gasteiger partial charge on any atom is 0.245 e. The molecular formula is C16H15FN2O3S. The van der Waals surface area contributed by atoms with Crippen LogP contribution in [0.5, 0.6) is 0 Å². The summed E-state index contributed by atoms with van der Waals surface area (Å²) >= 11 is 0. The van der Waals surface area contributed by atoms with E-state index in [9.17, 15) is 13.4 Å². The summed E-state index contributed by atoms with van der Waals surface area (Å²) in [6, 6.07) is 11.3. The Balaban J connectivity index is 2.14. The first-order valence-corrected chi connectivity index (χ1v) is 8.12. The van der Waals surface area contributed by atoms with Crippen molar-refractivity contribution in [3.05, 3.63) is 59.4 Å². The van der Waals surface area contributed by atoms with Crippen LogP contribution in [0.15, 0.2) is 47.4 Å². The van der Waals surface area contributed by atoms with Crippen LogP contribution in [-0.4, -0.2) is 15.3 Å². The Morgan fingerprint density at radius 1 is 1.35 bits per heavy atom. The molecule has 0 aromatic heterocycles. The molecule has 120 valence electrons. The molecule has 2 N–H and O–H groups in total. The number of nitrogens with zero attached hydrogens (tertiary/aromatic N) is 1. The smallest absolute Gasteiger partial charge is 0.245 e. The number of hydroxylamine groups is 1. The molecule has 0 aliphatic carbocycles. The van der Waals surface area contributed by atoms with Crippen molar-refractivity contribution in [3.8, 4) is 0 Å². The number of rotatable bonds is 3. The summed E-state index contributed by atoms with van der Waals surface area (Å²) in [5.74, 6) is -1.17. The van der Waals surface area contributed by atoms with E-state index in [2.05, 4.69) is 0 Å². The zero-order valence-electron chi connectivity index (χ0n) is 12.3. The third kappa shape index (κ3) is 2.73. The molecule has 2 aromatic rings. The molecule has 1 amide bonds. The minimum absolute atomic E-state index is 0.0928. The van der Waals surface area contributed by atoms with E-state index in [4.69, 9.17) is 5.21 Å². The topological polar surface area (TPSA) is 69.6 Å². The molecule has 2 atom stereocenters. The quantitative estimate of drug-likeness (QED) is 0.670. The summed E-state index contributed by atoms with van der Waals surface area (Å²) in [7, 11) is -1.76. The second-order valence-electron chi connectivity index (χ2n) is 5.33. The largest absolute Gasteiger partial charge is 0.289 e. The average Bonchev–Trinajstić information content (AvgIpc) is 2.80. The van der Waals surface area contributed by atoms with Crippen LogP contribution in [0.1, 0.15) is 23.6 Å². The van der Waals surface area contributed by atoms with E-state index in [1.54, 1.807) is 42.7 Å². The Kier molecular flexibility index (Phi) is 4.14. The molecule has 23 heavy (non-hydrogen) atoms. The fourth-order valence-electron chi connectivity index (χ4n) is 2.79. The molecule has 0 fully saturated rings. The van der Waals surface area contributed by atoms with E-state index in [-0.39, 0.29) is 11.3 Å². The summed E-state index contributed by atoms with van der Waals surface area (Å²) in [5.41, 5.74) is 3.39. The van der Waals surface area contributed by atoms with Crippen molar-refractivity contribution in [2.75, 3.05) is 4.31 Å². The molecule has 0 bridgehead atoms. The number of aryl methyl sites for hydroxylation is 1. The van der Waals surface area contributed by atoms with Crippen molar-refractivity contribution in [2.45, 2.75) is 24.3 Å². The summed E-state index contributed by atoms with van der Waals surface area (Å²) in [4.78, 5) is 11.7. The lowest BCUT2D eigenvalue weighted by molar-refractivity contribution is -0.129. The molecule has 1 aliphatic rings. The van der Waals surface area contributed by atoms with E-state index in [1.807, 2.05) is 6.07 Å². The summed E-state index contributed by atoms with van der Waals surface area (Å²) in [6.07, 6.45) is -0.132. The minimum atomic E-state index is -1.76. The first-order chi connectivity index (χ1) is 11.0. The zero-order valence-corrected chi connectivity index (χ0v) is 13.1. The summed E-state index contributed by atoms with van der Waals surface area (Å²) in [6.45, 7) is 1.74. The van der Waals surface area contributed by atoms with Crippen molar-refractivity contribution in [1.82, 2.24) is 5.48 Å². The number of amides is 1. The number of anilines is 1. The van der Waals surface area contributed by atoms with E-state index in [0.717, 1.165) is 0 Å². The van der Waals surface area contributed by atoms with Gasteiger partial charge in [0, 0.05) is 0 Å². The molecule has 1 heterocycles. The third-order valence-electron chi connectivity index (χ3n) is 3.73. The lowest BCUT2D eigenvalue weighted by Gasteiger charge is -2.24. The first kappa shape index (κ1) is 15.6. The molecule has 3 rings (SSSR count). The van der Waals surface area contributed by atoms with Crippen LogP contribution in [-0.2, 0) is 15.8 Å². The van der Waals surface area contributed by atoms with Gasteiger partial charge in [-0.1, -0.05) is 24.3 Å². The Bertz CT molecular complexity index is 782. The van der Waals surface area contributed by atoms with E-state index in [1.165, 1.54) is 10.4 Å². The molecule has 0 saturated heterocycles. The standard InChI is InChI=1S/C16H15FN2O3S/c1-10-7-12-14(9-15(20)18-21)19(11-5-3-2-4-6-11)23(22)16(12)13(17)8-10/h2-8,14,21H,9H2,1H3,(H,18,20). The van der Waals surface area contributed by atoms with Gasteiger partial charge in [0.2, 0.25) is 5.91 Å². The Morgan fingerprint density at radius 2 is 2.04 bits per heavy atom. The number of hydrogen-bond acceptors (Lipinski definition) is 3. The third-order valence-corrected chi connectivity index (χ3v) is 5.33. The molecular weight excluding hydrogens is 319 g/mol. The highest BCUT2D eigenvalue weighted by Crippen LogP contribution is 2.43. The highest BCUT2D eigenvalue weighted by Gasteiger charge is 2.40. The summed E-state index contributed by atoms with van der Waals surface area (Å²) < 4.78 is 28.6. The first-order valence-electron chi connectivity index (χ1n) is 7.02. The predicted molar refractivity (Wildman–Crippen MR) is 83.8 cm³/mol. The maximum atomic E-state index is 14.3. The van der Waals surface area contributed by atoms with Crippen LogP contribution >= 0.6 is 0 Å². The Morgan fingerprint density at radius 3 is 2.70 bits per heavy atom. The van der Waals surface area contributed by atoms with Crippen LogP contribution < -0.4 is 9.79 Å². The lowest BCUT2D eigenvalue weighted by Crippen LogP contribution is -2.29. The second-order valence-corrected chi connectivity index (χ2v) is 6.63. The van der Waals surface area contributed by atoms with Crippen LogP contribution in [0.25, 0.3) is 0 Å². The van der Waals surface area contributed by atoms with Gasteiger partial charge >= 0.3 is 0 Å². The van der Waals surface area contributed by atoms with Crippen LogP contribution in [0.2, 0.25) is 0 Å². The van der Waals surface area contributed by atoms with Crippen LogP contribution in [0, 0.1) is 12.7 Å². The molecule has 2 unspecified atom stereocenters. The average molecular weight is 334 g/mol. The Hall–Kier alpha value is -2.25. The number of carbonyl (C=O) groups is 1. The fourth-order valence-corrected chi connectivity index (χ4v) is 4.34. The molecule has 0 radical (unpaired) electrons. The van der Waals surface area contributed by atoms with Crippen LogP contribution in [0.4, 0.5) is 10.1 Å². The lowest BCUT2D eigenvalue weighted by atomic mass is 10.0. The van der Waals surface area contributed by atoms with Gasteiger partial charge in [-0.15, -0.1) is 0 Å². The molecule has 0 saturated carbocycles. The van der Waals surface area contributed by atoms with Gasteiger partial charge in [-0.3, -0.25) is 14.3 Å². The molecule has 5 nitrogen and oxygen atoms in total. The molecule has 0 spiro atoms. The van der Waals surface area contributed by atoms with Gasteiger partial charge in [-0.2, -0.15) is 0 Å². The van der Waals surface area contributed by atoms with Gasteiger partial charge < -0.3 is 0 Å². The number of hydrogen-bond donors (Lipinski definition) is 2. The second kappa shape index (κ2) is 6.10. The molecule has 7 heteroatoms. The van der Waals surface area contributed by atoms with Gasteiger partial charge in [0.1, 0.15) is 10.7 Å². The number of para-hydroxylation sites is 1. The monoisotopic (exact) mass is 334 g/mol. The van der Waals surface area contributed by atoms with Gasteiger partial charge in [0.25, 0.3) is 0 Å². The SMILES string of the molecule is Cc1cc(F)c2c(c1)C(CC(=O)NO)N(c1ccccc1)S2=O. The minimum Gasteiger partial charge on any atom is -0.289 e. The normalized spacial score (nSPS) is 19.5. The fraction of sp³-hybridized carbons (Fsp3) is 0.188. The Labute approximate surface area is 135 Å². The van der Waals surface area contributed by atoms with Crippen LogP contribution in [0.3, 0.4) is 0 Å². The van der Waals surface area contributed by atoms with E-state index < -0.39 is 28.8 Å². The van der Waals surface area contributed by atoms with Crippen molar-refractivity contribution in [3.63, 3.8) is 0 Å². The van der Waals surface area contributed by atoms with E-state index in [0.29, 0.717) is 16.8 Å². The van der Waals surface area contributed by atoms with Crippen molar-refractivity contribution >= 4 is 22.6 Å². The van der Waals surface area contributed by atoms with Crippen molar-refractivity contribution in [2.24, 2.45) is 0 Å². The van der Waals surface area contributed by atoms with Crippen molar-refractivity contribution < 1.29 is 18.6 Å². The zero-order chi connectivity index (χ0) is 16.6. The molecule has 2 aromatic carbocycles. The van der Waals surface area contributed by atoms with E-state index >= 15 is 0 Å². The van der Waals surface area contributed by atoms with Crippen molar-refractivity contribution in [1.29, 1.82) is 0 Å².